The summed E-state index contributed by atoms with van der Waals surface area (Å²) in [6, 6.07) is 4.54. The van der Waals surface area contributed by atoms with Crippen molar-refractivity contribution in [3.05, 3.63) is 30.1 Å². The molecule has 1 N–H and O–H groups in total. The molecule has 2 fully saturated rings. The van der Waals surface area contributed by atoms with Crippen LogP contribution in [0.25, 0.3) is 0 Å². The molecule has 0 bridgehead atoms. The molecule has 6 heteroatoms. The maximum Gasteiger partial charge on any atom is 0.317 e. The SMILES string of the molecule is CN(C[C@@H]1CCN(C)[C@H]1c1cccnc1)C(=O)NC[C@H]1CCCS1. The third-order valence-electron chi connectivity index (χ3n) is 5.16. The smallest absolute Gasteiger partial charge is 0.317 e. The number of pyridine rings is 1. The van der Waals surface area contributed by atoms with Gasteiger partial charge in [0.05, 0.1) is 0 Å². The number of carbonyl (C=O) groups is 1. The summed E-state index contributed by atoms with van der Waals surface area (Å²) in [6.07, 6.45) is 7.39. The van der Waals surface area contributed by atoms with Gasteiger partial charge in [-0.2, -0.15) is 11.8 Å². The number of thioether (sulfide) groups is 1. The minimum atomic E-state index is 0.0574. The van der Waals surface area contributed by atoms with Gasteiger partial charge in [0.2, 0.25) is 0 Å². The predicted molar refractivity (Wildman–Crippen MR) is 99.2 cm³/mol. The quantitative estimate of drug-likeness (QED) is 0.889. The third kappa shape index (κ3) is 4.22. The zero-order valence-electron chi connectivity index (χ0n) is 14.6. The molecule has 2 aliphatic rings. The fraction of sp³-hybridized carbons (Fsp3) is 0.667. The Morgan fingerprint density at radius 2 is 2.38 bits per heavy atom. The second-order valence-corrected chi connectivity index (χ2v) is 8.37. The first-order valence-corrected chi connectivity index (χ1v) is 9.90. The maximum atomic E-state index is 12.4. The second-order valence-electron chi connectivity index (χ2n) is 6.96. The van der Waals surface area contributed by atoms with E-state index >= 15 is 0 Å². The van der Waals surface area contributed by atoms with E-state index in [0.717, 1.165) is 26.1 Å². The number of hydrogen-bond donors (Lipinski definition) is 1. The molecule has 132 valence electrons. The fourth-order valence-corrected chi connectivity index (χ4v) is 5.07. The number of carbonyl (C=O) groups excluding carboxylic acids is 1. The van der Waals surface area contributed by atoms with Gasteiger partial charge in [-0.3, -0.25) is 9.88 Å². The van der Waals surface area contributed by atoms with Crippen molar-refractivity contribution >= 4 is 17.8 Å². The van der Waals surface area contributed by atoms with Crippen molar-refractivity contribution in [3.63, 3.8) is 0 Å². The van der Waals surface area contributed by atoms with Crippen LogP contribution in [0.3, 0.4) is 0 Å². The van der Waals surface area contributed by atoms with Crippen LogP contribution in [-0.4, -0.2) is 65.5 Å². The molecule has 0 aromatic carbocycles. The van der Waals surface area contributed by atoms with Gasteiger partial charge in [0.15, 0.2) is 0 Å². The van der Waals surface area contributed by atoms with Gasteiger partial charge >= 0.3 is 6.03 Å². The number of nitrogens with zero attached hydrogens (tertiary/aromatic N) is 3. The minimum absolute atomic E-state index is 0.0574. The van der Waals surface area contributed by atoms with Crippen molar-refractivity contribution in [3.8, 4) is 0 Å². The number of amides is 2. The number of urea groups is 1. The predicted octanol–water partition coefficient (Wildman–Crippen LogP) is 2.61. The highest BCUT2D eigenvalue weighted by atomic mass is 32.2. The van der Waals surface area contributed by atoms with Gasteiger partial charge < -0.3 is 10.2 Å². The average molecular weight is 349 g/mol. The first-order chi connectivity index (χ1) is 11.6. The summed E-state index contributed by atoms with van der Waals surface area (Å²) < 4.78 is 0. The summed E-state index contributed by atoms with van der Waals surface area (Å²) in [5.74, 6) is 1.69. The molecule has 1 aromatic heterocycles. The van der Waals surface area contributed by atoms with Crippen LogP contribution in [0.15, 0.2) is 24.5 Å². The van der Waals surface area contributed by atoms with Crippen LogP contribution in [0, 0.1) is 5.92 Å². The fourth-order valence-electron chi connectivity index (χ4n) is 3.87. The van der Waals surface area contributed by atoms with Crippen molar-refractivity contribution in [1.82, 2.24) is 20.1 Å². The van der Waals surface area contributed by atoms with Crippen molar-refractivity contribution in [2.75, 3.05) is 39.5 Å². The highest BCUT2D eigenvalue weighted by Crippen LogP contribution is 2.36. The Morgan fingerprint density at radius 3 is 3.08 bits per heavy atom. The van der Waals surface area contributed by atoms with E-state index in [1.807, 2.05) is 42.2 Å². The molecular weight excluding hydrogens is 320 g/mol. The first kappa shape index (κ1) is 17.5. The minimum Gasteiger partial charge on any atom is -0.337 e. The summed E-state index contributed by atoms with van der Waals surface area (Å²) in [4.78, 5) is 20.9. The van der Waals surface area contributed by atoms with Crippen LogP contribution >= 0.6 is 11.8 Å². The van der Waals surface area contributed by atoms with Crippen LogP contribution in [0.4, 0.5) is 4.79 Å². The van der Waals surface area contributed by atoms with Gasteiger partial charge in [-0.1, -0.05) is 6.07 Å². The van der Waals surface area contributed by atoms with Gasteiger partial charge in [0, 0.05) is 43.8 Å². The lowest BCUT2D eigenvalue weighted by Crippen LogP contribution is -2.42. The molecular formula is C18H28N4OS. The van der Waals surface area contributed by atoms with E-state index in [2.05, 4.69) is 28.3 Å². The normalized spacial score (nSPS) is 27.3. The van der Waals surface area contributed by atoms with E-state index in [-0.39, 0.29) is 6.03 Å². The number of hydrogen-bond acceptors (Lipinski definition) is 4. The molecule has 0 aliphatic carbocycles. The molecule has 1 aromatic rings. The molecule has 0 spiro atoms. The maximum absolute atomic E-state index is 12.4. The van der Waals surface area contributed by atoms with E-state index in [9.17, 15) is 4.79 Å². The monoisotopic (exact) mass is 348 g/mol. The molecule has 3 heterocycles. The van der Waals surface area contributed by atoms with E-state index in [0.29, 0.717) is 17.2 Å². The summed E-state index contributed by atoms with van der Waals surface area (Å²) >= 11 is 1.98. The average Bonchev–Trinajstić information content (AvgIpc) is 3.23. The Balaban J connectivity index is 1.54. The lowest BCUT2D eigenvalue weighted by molar-refractivity contribution is 0.189. The third-order valence-corrected chi connectivity index (χ3v) is 6.56. The van der Waals surface area contributed by atoms with E-state index < -0.39 is 0 Å². The number of aromatic nitrogens is 1. The molecule has 5 nitrogen and oxygen atoms in total. The molecule has 2 saturated heterocycles. The summed E-state index contributed by atoms with van der Waals surface area (Å²) in [6.45, 7) is 2.65. The molecule has 3 rings (SSSR count). The molecule has 0 radical (unpaired) electrons. The Hall–Kier alpha value is -1.27. The molecule has 2 aliphatic heterocycles. The van der Waals surface area contributed by atoms with Crippen LogP contribution in [0.1, 0.15) is 30.9 Å². The molecule has 0 unspecified atom stereocenters. The zero-order valence-corrected chi connectivity index (χ0v) is 15.5. The highest BCUT2D eigenvalue weighted by molar-refractivity contribution is 8.00. The Bertz CT molecular complexity index is 535. The lowest BCUT2D eigenvalue weighted by Gasteiger charge is -2.29. The van der Waals surface area contributed by atoms with E-state index in [4.69, 9.17) is 0 Å². The highest BCUT2D eigenvalue weighted by Gasteiger charge is 2.34. The standard InChI is InChI=1S/C18H28N4OS/c1-21-9-7-15(17(21)14-5-3-8-19-11-14)13-22(2)18(23)20-12-16-6-4-10-24-16/h3,5,8,11,15-17H,4,6-7,9-10,12-13H2,1-2H3,(H,20,23)/t15-,16+,17-/m0/s1. The first-order valence-electron chi connectivity index (χ1n) is 8.86. The van der Waals surface area contributed by atoms with Gasteiger partial charge in [0.1, 0.15) is 0 Å². The van der Waals surface area contributed by atoms with Crippen molar-refractivity contribution < 1.29 is 4.79 Å². The Labute approximate surface area is 149 Å². The Kier molecular flexibility index (Phi) is 6.00. The van der Waals surface area contributed by atoms with Crippen LogP contribution in [0.5, 0.6) is 0 Å². The van der Waals surface area contributed by atoms with Gasteiger partial charge in [-0.25, -0.2) is 4.79 Å². The van der Waals surface area contributed by atoms with E-state index in [1.54, 1.807) is 0 Å². The van der Waals surface area contributed by atoms with Crippen LogP contribution < -0.4 is 5.32 Å². The molecule has 3 atom stereocenters. The molecule has 2 amide bonds. The van der Waals surface area contributed by atoms with Gasteiger partial charge in [-0.05, 0) is 56.2 Å². The molecule has 0 saturated carbocycles. The number of nitrogens with one attached hydrogen (secondary N) is 1. The van der Waals surface area contributed by atoms with Crippen LogP contribution in [0.2, 0.25) is 0 Å². The topological polar surface area (TPSA) is 48.5 Å². The van der Waals surface area contributed by atoms with Gasteiger partial charge in [-0.15, -0.1) is 0 Å². The van der Waals surface area contributed by atoms with Crippen molar-refractivity contribution in [1.29, 1.82) is 0 Å². The van der Waals surface area contributed by atoms with E-state index in [1.165, 1.54) is 24.2 Å². The summed E-state index contributed by atoms with van der Waals surface area (Å²) in [5.41, 5.74) is 1.25. The van der Waals surface area contributed by atoms with Gasteiger partial charge in [0.25, 0.3) is 0 Å². The van der Waals surface area contributed by atoms with Crippen molar-refractivity contribution in [2.45, 2.75) is 30.6 Å². The zero-order chi connectivity index (χ0) is 16.9. The molecule has 24 heavy (non-hydrogen) atoms. The van der Waals surface area contributed by atoms with Crippen LogP contribution in [-0.2, 0) is 0 Å². The summed E-state index contributed by atoms with van der Waals surface area (Å²) in [7, 11) is 4.07. The number of likely N-dealkylation sites (tertiary alicyclic amines) is 1. The lowest BCUT2D eigenvalue weighted by atomic mass is 9.94. The largest absolute Gasteiger partial charge is 0.337 e. The Morgan fingerprint density at radius 1 is 1.50 bits per heavy atom. The van der Waals surface area contributed by atoms with Crippen molar-refractivity contribution in [2.24, 2.45) is 5.92 Å². The summed E-state index contributed by atoms with van der Waals surface area (Å²) in [5, 5.41) is 3.70. The second kappa shape index (κ2) is 8.21. The number of rotatable bonds is 5.